The highest BCUT2D eigenvalue weighted by Gasteiger charge is 2.12. The summed E-state index contributed by atoms with van der Waals surface area (Å²) >= 11 is 5.52. The van der Waals surface area contributed by atoms with Crippen molar-refractivity contribution in [3.63, 3.8) is 0 Å². The summed E-state index contributed by atoms with van der Waals surface area (Å²) in [5, 5.41) is 9.74. The molecule has 0 aliphatic heterocycles. The third-order valence-corrected chi connectivity index (χ3v) is 2.55. The fourth-order valence-corrected chi connectivity index (χ4v) is 1.67. The van der Waals surface area contributed by atoms with E-state index in [4.69, 9.17) is 11.6 Å². The average Bonchev–Trinajstić information content (AvgIpc) is 2.19. The molecule has 15 heavy (non-hydrogen) atoms. The summed E-state index contributed by atoms with van der Waals surface area (Å²) in [4.78, 5) is 11.7. The van der Waals surface area contributed by atoms with Crippen molar-refractivity contribution in [3.05, 3.63) is 28.8 Å². The minimum absolute atomic E-state index is 0.0417. The number of halogens is 1. The second-order valence-corrected chi connectivity index (χ2v) is 4.07. The smallest absolute Gasteiger partial charge is 0.166 e. The number of hydrogen-bond acceptors (Lipinski definition) is 2. The van der Waals surface area contributed by atoms with E-state index >= 15 is 0 Å². The van der Waals surface area contributed by atoms with Crippen molar-refractivity contribution < 1.29 is 9.90 Å². The normalized spacial score (nSPS) is 10.3. The number of alkyl halides is 1. The van der Waals surface area contributed by atoms with Gasteiger partial charge in [-0.3, -0.25) is 4.79 Å². The molecule has 0 aliphatic rings. The van der Waals surface area contributed by atoms with Gasteiger partial charge in [0.25, 0.3) is 0 Å². The van der Waals surface area contributed by atoms with E-state index in [9.17, 15) is 9.90 Å². The Morgan fingerprint density at radius 3 is 2.67 bits per heavy atom. The van der Waals surface area contributed by atoms with Crippen LogP contribution in [0.4, 0.5) is 0 Å². The van der Waals surface area contributed by atoms with Crippen molar-refractivity contribution in [1.29, 1.82) is 0 Å². The Kier molecular flexibility index (Phi) is 4.15. The van der Waals surface area contributed by atoms with Gasteiger partial charge in [0.1, 0.15) is 5.75 Å². The molecular weight excluding hydrogens is 212 g/mol. The fourth-order valence-electron chi connectivity index (χ4n) is 1.53. The first-order valence-corrected chi connectivity index (χ1v) is 5.49. The van der Waals surface area contributed by atoms with Gasteiger partial charge >= 0.3 is 0 Å². The summed E-state index contributed by atoms with van der Waals surface area (Å²) in [6.45, 7) is 3.70. The summed E-state index contributed by atoms with van der Waals surface area (Å²) in [6, 6.07) is 3.58. The van der Waals surface area contributed by atoms with E-state index in [1.165, 1.54) is 0 Å². The zero-order chi connectivity index (χ0) is 11.4. The van der Waals surface area contributed by atoms with Gasteiger partial charge in [-0.1, -0.05) is 6.07 Å². The van der Waals surface area contributed by atoms with Crippen LogP contribution in [0, 0.1) is 13.8 Å². The molecule has 0 bridgehead atoms. The Labute approximate surface area is 94.9 Å². The molecule has 0 saturated carbocycles. The molecule has 0 spiro atoms. The second kappa shape index (κ2) is 5.17. The molecular formula is C12H15ClO2. The van der Waals surface area contributed by atoms with Crippen molar-refractivity contribution >= 4 is 17.4 Å². The van der Waals surface area contributed by atoms with Crippen LogP contribution in [-0.2, 0) is 0 Å². The Morgan fingerprint density at radius 2 is 2.07 bits per heavy atom. The van der Waals surface area contributed by atoms with Gasteiger partial charge in [-0.2, -0.15) is 0 Å². The molecule has 0 aromatic heterocycles. The molecule has 0 unspecified atom stereocenters. The highest BCUT2D eigenvalue weighted by molar-refractivity contribution is 6.18. The van der Waals surface area contributed by atoms with Gasteiger partial charge in [-0.05, 0) is 37.5 Å². The molecule has 1 aromatic carbocycles. The summed E-state index contributed by atoms with van der Waals surface area (Å²) in [6.07, 6.45) is 1.03. The predicted molar refractivity (Wildman–Crippen MR) is 61.9 cm³/mol. The van der Waals surface area contributed by atoms with Gasteiger partial charge in [-0.25, -0.2) is 0 Å². The first-order valence-electron chi connectivity index (χ1n) is 4.95. The lowest BCUT2D eigenvalue weighted by atomic mass is 10.0. The second-order valence-electron chi connectivity index (χ2n) is 3.69. The van der Waals surface area contributed by atoms with E-state index < -0.39 is 0 Å². The molecule has 0 saturated heterocycles. The Hall–Kier alpha value is -1.02. The summed E-state index contributed by atoms with van der Waals surface area (Å²) < 4.78 is 0. The molecule has 0 fully saturated rings. The van der Waals surface area contributed by atoms with Crippen molar-refractivity contribution in [2.75, 3.05) is 5.88 Å². The van der Waals surface area contributed by atoms with Gasteiger partial charge < -0.3 is 5.11 Å². The fraction of sp³-hybridized carbons (Fsp3) is 0.417. The summed E-state index contributed by atoms with van der Waals surface area (Å²) in [5.74, 6) is 0.525. The maximum absolute atomic E-state index is 11.7. The number of ketones is 1. The molecule has 82 valence electrons. The van der Waals surface area contributed by atoms with Crippen LogP contribution in [0.1, 0.15) is 34.3 Å². The molecule has 0 aliphatic carbocycles. The summed E-state index contributed by atoms with van der Waals surface area (Å²) in [7, 11) is 0. The maximum atomic E-state index is 11.7. The van der Waals surface area contributed by atoms with Gasteiger partial charge in [0, 0.05) is 12.3 Å². The number of phenols is 1. The number of carbonyl (C=O) groups is 1. The number of Topliss-reactive ketones (excluding diaryl/α,β-unsaturated/α-hetero) is 1. The topological polar surface area (TPSA) is 37.3 Å². The molecule has 3 heteroatoms. The number of hydrogen-bond donors (Lipinski definition) is 1. The molecule has 1 N–H and O–H groups in total. The molecule has 0 radical (unpaired) electrons. The zero-order valence-corrected chi connectivity index (χ0v) is 9.77. The van der Waals surface area contributed by atoms with Crippen LogP contribution in [0.5, 0.6) is 5.75 Å². The zero-order valence-electron chi connectivity index (χ0n) is 9.01. The van der Waals surface area contributed by atoms with E-state index in [2.05, 4.69) is 0 Å². The van der Waals surface area contributed by atoms with Crippen LogP contribution < -0.4 is 0 Å². The van der Waals surface area contributed by atoms with Crippen molar-refractivity contribution in [2.45, 2.75) is 26.7 Å². The SMILES string of the molecule is Cc1cc(C)c(O)c(C(=O)CCCCl)c1. The van der Waals surface area contributed by atoms with E-state index in [-0.39, 0.29) is 11.5 Å². The largest absolute Gasteiger partial charge is 0.507 e. The monoisotopic (exact) mass is 226 g/mol. The minimum atomic E-state index is -0.0417. The number of phenolic OH excluding ortho intramolecular Hbond substituents is 1. The van der Waals surface area contributed by atoms with Crippen LogP contribution in [0.15, 0.2) is 12.1 Å². The number of aryl methyl sites for hydroxylation is 2. The number of aromatic hydroxyl groups is 1. The lowest BCUT2D eigenvalue weighted by molar-refractivity contribution is 0.0979. The van der Waals surface area contributed by atoms with Crippen LogP contribution >= 0.6 is 11.6 Å². The molecule has 1 rings (SSSR count). The molecule has 0 heterocycles. The molecule has 2 nitrogen and oxygen atoms in total. The average molecular weight is 227 g/mol. The van der Waals surface area contributed by atoms with Gasteiger partial charge in [0.05, 0.1) is 5.56 Å². The first-order chi connectivity index (χ1) is 7.06. The number of rotatable bonds is 4. The Morgan fingerprint density at radius 1 is 1.40 bits per heavy atom. The Bertz CT molecular complexity index is 372. The van der Waals surface area contributed by atoms with E-state index in [0.717, 1.165) is 11.1 Å². The van der Waals surface area contributed by atoms with E-state index in [1.807, 2.05) is 13.0 Å². The van der Waals surface area contributed by atoms with Crippen molar-refractivity contribution in [2.24, 2.45) is 0 Å². The van der Waals surface area contributed by atoms with Crippen LogP contribution in [0.25, 0.3) is 0 Å². The standard InChI is InChI=1S/C12H15ClO2/c1-8-6-9(2)12(15)10(7-8)11(14)4-3-5-13/h6-7,15H,3-5H2,1-2H3. The lowest BCUT2D eigenvalue weighted by Gasteiger charge is -2.07. The lowest BCUT2D eigenvalue weighted by Crippen LogP contribution is -2.01. The van der Waals surface area contributed by atoms with Crippen LogP contribution in [0.3, 0.4) is 0 Å². The quantitative estimate of drug-likeness (QED) is 0.632. The number of carbonyl (C=O) groups excluding carboxylic acids is 1. The van der Waals surface area contributed by atoms with Crippen molar-refractivity contribution in [1.82, 2.24) is 0 Å². The highest BCUT2D eigenvalue weighted by Crippen LogP contribution is 2.25. The first kappa shape index (κ1) is 12.1. The van der Waals surface area contributed by atoms with Gasteiger partial charge in [-0.15, -0.1) is 11.6 Å². The predicted octanol–water partition coefficient (Wildman–Crippen LogP) is 3.21. The Balaban J connectivity index is 2.98. The summed E-state index contributed by atoms with van der Waals surface area (Å²) in [5.41, 5.74) is 2.14. The third-order valence-electron chi connectivity index (χ3n) is 2.28. The van der Waals surface area contributed by atoms with Crippen molar-refractivity contribution in [3.8, 4) is 5.75 Å². The third kappa shape index (κ3) is 2.96. The van der Waals surface area contributed by atoms with Gasteiger partial charge in [0.2, 0.25) is 0 Å². The highest BCUT2D eigenvalue weighted by atomic mass is 35.5. The van der Waals surface area contributed by atoms with E-state index in [0.29, 0.717) is 24.3 Å². The minimum Gasteiger partial charge on any atom is -0.507 e. The maximum Gasteiger partial charge on any atom is 0.166 e. The van der Waals surface area contributed by atoms with Crippen LogP contribution in [-0.4, -0.2) is 16.8 Å². The van der Waals surface area contributed by atoms with E-state index in [1.54, 1.807) is 13.0 Å². The van der Waals surface area contributed by atoms with Gasteiger partial charge in [0.15, 0.2) is 5.78 Å². The van der Waals surface area contributed by atoms with Crippen LogP contribution in [0.2, 0.25) is 0 Å². The number of benzene rings is 1. The molecule has 0 amide bonds. The molecule has 1 aromatic rings. The molecule has 0 atom stereocenters.